The highest BCUT2D eigenvalue weighted by molar-refractivity contribution is 5.69. The summed E-state index contributed by atoms with van der Waals surface area (Å²) in [6.07, 6.45) is -1.48. The minimum atomic E-state index is -1.48. The third kappa shape index (κ3) is 19.0. The van der Waals surface area contributed by atoms with Gasteiger partial charge in [-0.25, -0.2) is 0 Å². The Balaban J connectivity index is 0. The predicted molar refractivity (Wildman–Crippen MR) is 67.0 cm³/mol. The molecule has 0 saturated heterocycles. The van der Waals surface area contributed by atoms with Gasteiger partial charge in [-0.2, -0.15) is 0 Å². The largest absolute Gasteiger partial charge is 0.480 e. The van der Waals surface area contributed by atoms with E-state index in [2.05, 4.69) is 5.32 Å². The van der Waals surface area contributed by atoms with Crippen LogP contribution in [0.4, 0.5) is 0 Å². The number of rotatable bonds is 10. The van der Waals surface area contributed by atoms with Crippen molar-refractivity contribution in [1.82, 2.24) is 10.2 Å². The second kappa shape index (κ2) is 14.1. The number of aliphatic carboxylic acids is 2. The van der Waals surface area contributed by atoms with Crippen LogP contribution in [0.15, 0.2) is 0 Å². The van der Waals surface area contributed by atoms with Gasteiger partial charge in [0.1, 0.15) is 0 Å². The summed E-state index contributed by atoms with van der Waals surface area (Å²) in [6.45, 7) is -0.120. The molecule has 0 unspecified atom stereocenters. The number of aliphatic hydroxyl groups is 4. The van der Waals surface area contributed by atoms with Gasteiger partial charge in [-0.05, 0) is 0 Å². The number of hydrogen-bond donors (Lipinski definition) is 7. The van der Waals surface area contributed by atoms with Crippen molar-refractivity contribution in [2.45, 2.75) is 6.29 Å². The third-order valence-electron chi connectivity index (χ3n) is 1.79. The van der Waals surface area contributed by atoms with E-state index in [9.17, 15) is 9.59 Å². The summed E-state index contributed by atoms with van der Waals surface area (Å²) in [5.74, 6) is -1.97. The van der Waals surface area contributed by atoms with Gasteiger partial charge in [-0.1, -0.05) is 0 Å². The number of aliphatic hydroxyl groups excluding tert-OH is 3. The summed E-state index contributed by atoms with van der Waals surface area (Å²) in [5, 5.41) is 51.9. The van der Waals surface area contributed by atoms with Gasteiger partial charge in [0.15, 0.2) is 6.29 Å². The maximum atomic E-state index is 10.2. The van der Waals surface area contributed by atoms with Crippen molar-refractivity contribution in [3.05, 3.63) is 0 Å². The average Bonchev–Trinajstić information content (AvgIpc) is 2.28. The average molecular weight is 298 g/mol. The summed E-state index contributed by atoms with van der Waals surface area (Å²) in [5.41, 5.74) is 0. The van der Waals surface area contributed by atoms with Gasteiger partial charge in [0, 0.05) is 19.6 Å². The molecule has 0 aliphatic carbocycles. The Labute approximate surface area is 115 Å². The Kier molecular flexibility index (Phi) is 14.8. The van der Waals surface area contributed by atoms with Gasteiger partial charge in [0.2, 0.25) is 0 Å². The number of nitrogens with zero attached hydrogens (tertiary/aromatic N) is 1. The fraction of sp³-hybridized carbons (Fsp3) is 0.800. The molecule has 0 aliphatic heterocycles. The lowest BCUT2D eigenvalue weighted by atomic mass is 10.4. The summed E-state index contributed by atoms with van der Waals surface area (Å²) in [6, 6.07) is 0. The lowest BCUT2D eigenvalue weighted by Crippen LogP contribution is -2.34. The quantitative estimate of drug-likeness (QED) is 0.199. The van der Waals surface area contributed by atoms with Crippen LogP contribution in [0.3, 0.4) is 0 Å². The molecule has 0 fully saturated rings. The Hall–Kier alpha value is -1.30. The van der Waals surface area contributed by atoms with Crippen molar-refractivity contribution in [1.29, 1.82) is 0 Å². The smallest absolute Gasteiger partial charge is 0.317 e. The molecular weight excluding hydrogens is 276 g/mol. The molecule has 0 radical (unpaired) electrons. The summed E-state index contributed by atoms with van der Waals surface area (Å²) < 4.78 is 0. The topological polar surface area (TPSA) is 171 Å². The molecule has 0 aromatic rings. The van der Waals surface area contributed by atoms with Gasteiger partial charge in [0.25, 0.3) is 0 Å². The van der Waals surface area contributed by atoms with Gasteiger partial charge in [0.05, 0.1) is 26.3 Å². The van der Waals surface area contributed by atoms with E-state index in [4.69, 9.17) is 30.6 Å². The van der Waals surface area contributed by atoms with Crippen LogP contribution in [-0.2, 0) is 9.59 Å². The van der Waals surface area contributed by atoms with Crippen LogP contribution in [0.25, 0.3) is 0 Å². The van der Waals surface area contributed by atoms with Crippen LogP contribution in [-0.4, -0.2) is 99.7 Å². The highest BCUT2D eigenvalue weighted by atomic mass is 16.5. The van der Waals surface area contributed by atoms with Crippen LogP contribution in [0, 0.1) is 0 Å². The van der Waals surface area contributed by atoms with E-state index in [1.165, 1.54) is 4.90 Å². The number of carboxylic acid groups (broad SMARTS) is 2. The molecule has 0 aromatic carbocycles. The van der Waals surface area contributed by atoms with Gasteiger partial charge in [-0.3, -0.25) is 14.5 Å². The SMILES string of the molecule is O=C(O)CN(CCO)CCO.O=C(O)CNCC(O)O. The zero-order valence-electron chi connectivity index (χ0n) is 11.0. The standard InChI is InChI=1S/C6H13NO4.C4H9NO4/c8-3-1-7(2-4-9)5-6(10)11;6-3(7)1-5-2-4(8)9/h8-9H,1-5H2,(H,10,11);3,5-7H,1-2H2,(H,8,9). The molecule has 0 rings (SSSR count). The van der Waals surface area contributed by atoms with Gasteiger partial charge >= 0.3 is 11.9 Å². The molecule has 0 aliphatic rings. The Morgan fingerprint density at radius 2 is 1.50 bits per heavy atom. The first-order valence-electron chi connectivity index (χ1n) is 5.78. The molecule has 0 atom stereocenters. The van der Waals surface area contributed by atoms with Gasteiger partial charge in [-0.15, -0.1) is 0 Å². The summed E-state index contributed by atoms with van der Waals surface area (Å²) in [7, 11) is 0. The molecular formula is C10H22N2O8. The number of hydrogen-bond acceptors (Lipinski definition) is 8. The van der Waals surface area contributed by atoms with Crippen LogP contribution in [0.1, 0.15) is 0 Å². The van der Waals surface area contributed by atoms with Crippen LogP contribution >= 0.6 is 0 Å². The molecule has 0 amide bonds. The normalized spacial score (nSPS) is 10.3. The molecule has 0 aromatic heterocycles. The minimum Gasteiger partial charge on any atom is -0.480 e. The van der Waals surface area contributed by atoms with Crippen LogP contribution < -0.4 is 5.32 Å². The number of nitrogens with one attached hydrogen (secondary N) is 1. The highest BCUT2D eigenvalue weighted by Crippen LogP contribution is 1.85. The van der Waals surface area contributed by atoms with E-state index in [0.717, 1.165) is 0 Å². The van der Waals surface area contributed by atoms with E-state index in [-0.39, 0.29) is 45.9 Å². The fourth-order valence-corrected chi connectivity index (χ4v) is 1.05. The molecule has 0 heterocycles. The monoisotopic (exact) mass is 298 g/mol. The van der Waals surface area contributed by atoms with E-state index in [1.807, 2.05) is 0 Å². The van der Waals surface area contributed by atoms with Crippen molar-refractivity contribution in [3.8, 4) is 0 Å². The van der Waals surface area contributed by atoms with Gasteiger partial charge < -0.3 is 36.0 Å². The first kappa shape index (κ1) is 21.0. The molecule has 10 heteroatoms. The van der Waals surface area contributed by atoms with Crippen molar-refractivity contribution < 1.29 is 40.2 Å². The fourth-order valence-electron chi connectivity index (χ4n) is 1.05. The van der Waals surface area contributed by atoms with Crippen molar-refractivity contribution in [3.63, 3.8) is 0 Å². The summed E-state index contributed by atoms with van der Waals surface area (Å²) in [4.78, 5) is 21.4. The molecule has 0 bridgehead atoms. The van der Waals surface area contributed by atoms with Crippen LogP contribution in [0.5, 0.6) is 0 Å². The van der Waals surface area contributed by atoms with Crippen LogP contribution in [0.2, 0.25) is 0 Å². The molecule has 20 heavy (non-hydrogen) atoms. The first-order valence-corrected chi connectivity index (χ1v) is 5.78. The van der Waals surface area contributed by atoms with E-state index < -0.39 is 18.2 Å². The molecule has 7 N–H and O–H groups in total. The molecule has 120 valence electrons. The third-order valence-corrected chi connectivity index (χ3v) is 1.79. The Morgan fingerprint density at radius 1 is 1.00 bits per heavy atom. The summed E-state index contributed by atoms with van der Waals surface area (Å²) >= 11 is 0. The van der Waals surface area contributed by atoms with E-state index >= 15 is 0 Å². The molecule has 0 saturated carbocycles. The zero-order chi connectivity index (χ0) is 16.0. The first-order chi connectivity index (χ1) is 9.33. The zero-order valence-corrected chi connectivity index (χ0v) is 11.0. The second-order valence-corrected chi connectivity index (χ2v) is 3.62. The van der Waals surface area contributed by atoms with Crippen molar-refractivity contribution >= 4 is 11.9 Å². The minimum absolute atomic E-state index is 0.0900. The number of carbonyl (C=O) groups is 2. The Bertz CT molecular complexity index is 256. The number of carboxylic acids is 2. The molecule has 0 spiro atoms. The van der Waals surface area contributed by atoms with E-state index in [0.29, 0.717) is 0 Å². The van der Waals surface area contributed by atoms with Crippen molar-refractivity contribution in [2.75, 3.05) is 45.9 Å². The second-order valence-electron chi connectivity index (χ2n) is 3.62. The predicted octanol–water partition coefficient (Wildman–Crippen LogP) is -3.67. The lowest BCUT2D eigenvalue weighted by molar-refractivity contribution is -0.138. The molecule has 10 nitrogen and oxygen atoms in total. The highest BCUT2D eigenvalue weighted by Gasteiger charge is 2.06. The van der Waals surface area contributed by atoms with E-state index in [1.54, 1.807) is 0 Å². The van der Waals surface area contributed by atoms with Crippen molar-refractivity contribution in [2.24, 2.45) is 0 Å². The maximum Gasteiger partial charge on any atom is 0.317 e. The lowest BCUT2D eigenvalue weighted by Gasteiger charge is -2.16. The Morgan fingerprint density at radius 3 is 1.80 bits per heavy atom. The maximum absolute atomic E-state index is 10.2.